The maximum atomic E-state index is 12.3. The molecule has 5 nitrogen and oxygen atoms in total. The summed E-state index contributed by atoms with van der Waals surface area (Å²) in [5.41, 5.74) is -0.552. The second kappa shape index (κ2) is 6.25. The van der Waals surface area contributed by atoms with Gasteiger partial charge in [-0.15, -0.1) is 0 Å². The number of carbonyl (C=O) groups is 1. The molecule has 0 aliphatic heterocycles. The number of nitrogens with one attached hydrogen (secondary N) is 1. The first-order valence-corrected chi connectivity index (χ1v) is 8.70. The van der Waals surface area contributed by atoms with Crippen molar-refractivity contribution >= 4 is 15.8 Å². The number of sulfonamides is 1. The number of rotatable bonds is 6. The molecule has 0 saturated heterocycles. The van der Waals surface area contributed by atoms with Crippen molar-refractivity contribution in [1.29, 1.82) is 0 Å². The highest BCUT2D eigenvalue weighted by atomic mass is 32.2. The summed E-state index contributed by atoms with van der Waals surface area (Å²) in [6, 6.07) is 6.00. The average molecular weight is 311 g/mol. The standard InChI is InChI=1S/C15H21NO4S/c1-2-14(17)12-6-5-7-13(10-12)21(19,20)16-11-15(18)8-3-4-9-15/h5-7,10,16,18H,2-4,8-9,11H2,1H3. The molecular weight excluding hydrogens is 290 g/mol. The summed E-state index contributed by atoms with van der Waals surface area (Å²) >= 11 is 0. The minimum atomic E-state index is -3.71. The number of aliphatic hydroxyl groups is 1. The van der Waals surface area contributed by atoms with Crippen LogP contribution in [-0.4, -0.2) is 31.5 Å². The molecule has 0 heterocycles. The van der Waals surface area contributed by atoms with Gasteiger partial charge in [0.2, 0.25) is 10.0 Å². The molecule has 21 heavy (non-hydrogen) atoms. The van der Waals surface area contributed by atoms with Gasteiger partial charge in [0.25, 0.3) is 0 Å². The van der Waals surface area contributed by atoms with Crippen LogP contribution in [0.3, 0.4) is 0 Å². The van der Waals surface area contributed by atoms with E-state index in [4.69, 9.17) is 0 Å². The normalized spacial score (nSPS) is 17.8. The average Bonchev–Trinajstić information content (AvgIpc) is 2.92. The van der Waals surface area contributed by atoms with Gasteiger partial charge in [-0.3, -0.25) is 4.79 Å². The van der Waals surface area contributed by atoms with Crippen molar-refractivity contribution in [3.05, 3.63) is 29.8 Å². The van der Waals surface area contributed by atoms with E-state index in [9.17, 15) is 18.3 Å². The van der Waals surface area contributed by atoms with Crippen LogP contribution < -0.4 is 4.72 Å². The van der Waals surface area contributed by atoms with E-state index in [1.807, 2.05) is 0 Å². The van der Waals surface area contributed by atoms with Crippen molar-refractivity contribution in [2.45, 2.75) is 49.5 Å². The number of hydrogen-bond donors (Lipinski definition) is 2. The third-order valence-corrected chi connectivity index (χ3v) is 5.31. The molecule has 1 aromatic carbocycles. The van der Waals surface area contributed by atoms with Gasteiger partial charge in [-0.2, -0.15) is 0 Å². The van der Waals surface area contributed by atoms with Gasteiger partial charge in [-0.1, -0.05) is 31.9 Å². The van der Waals surface area contributed by atoms with Crippen molar-refractivity contribution in [2.24, 2.45) is 0 Å². The Morgan fingerprint density at radius 2 is 2.00 bits per heavy atom. The molecule has 116 valence electrons. The van der Waals surface area contributed by atoms with Crippen LogP contribution in [0.25, 0.3) is 0 Å². The van der Waals surface area contributed by atoms with E-state index in [0.717, 1.165) is 12.8 Å². The molecule has 1 saturated carbocycles. The summed E-state index contributed by atoms with van der Waals surface area (Å²) in [5.74, 6) is -0.0959. The summed E-state index contributed by atoms with van der Waals surface area (Å²) in [6.07, 6.45) is 3.39. The molecule has 6 heteroatoms. The second-order valence-corrected chi connectivity index (χ2v) is 7.33. The fourth-order valence-corrected chi connectivity index (χ4v) is 3.73. The quantitative estimate of drug-likeness (QED) is 0.786. The summed E-state index contributed by atoms with van der Waals surface area (Å²) < 4.78 is 27.0. The maximum Gasteiger partial charge on any atom is 0.240 e. The zero-order valence-electron chi connectivity index (χ0n) is 12.1. The van der Waals surface area contributed by atoms with Crippen molar-refractivity contribution < 1.29 is 18.3 Å². The van der Waals surface area contributed by atoms with E-state index in [0.29, 0.717) is 24.8 Å². The fourth-order valence-electron chi connectivity index (χ4n) is 2.56. The van der Waals surface area contributed by atoms with Crippen LogP contribution in [0, 0.1) is 0 Å². The zero-order chi connectivity index (χ0) is 15.5. The third kappa shape index (κ3) is 3.90. The number of ketones is 1. The first kappa shape index (κ1) is 16.1. The lowest BCUT2D eigenvalue weighted by Crippen LogP contribution is -2.40. The Hall–Kier alpha value is -1.24. The molecule has 1 aliphatic rings. The van der Waals surface area contributed by atoms with E-state index < -0.39 is 15.6 Å². The van der Waals surface area contributed by atoms with Crippen LogP contribution in [0.4, 0.5) is 0 Å². The summed E-state index contributed by atoms with van der Waals surface area (Å²) in [4.78, 5) is 11.7. The van der Waals surface area contributed by atoms with Gasteiger partial charge in [0.05, 0.1) is 10.5 Å². The van der Waals surface area contributed by atoms with Crippen molar-refractivity contribution in [3.63, 3.8) is 0 Å². The fraction of sp³-hybridized carbons (Fsp3) is 0.533. The Balaban J connectivity index is 2.14. The SMILES string of the molecule is CCC(=O)c1cccc(S(=O)(=O)NCC2(O)CCCC2)c1. The Morgan fingerprint density at radius 1 is 1.33 bits per heavy atom. The minimum Gasteiger partial charge on any atom is -0.389 e. The van der Waals surface area contributed by atoms with Crippen LogP contribution in [0.15, 0.2) is 29.2 Å². The van der Waals surface area contributed by atoms with E-state index in [1.54, 1.807) is 19.1 Å². The second-order valence-electron chi connectivity index (χ2n) is 5.56. The molecule has 0 unspecified atom stereocenters. The topological polar surface area (TPSA) is 83.5 Å². The lowest BCUT2D eigenvalue weighted by Gasteiger charge is -2.22. The summed E-state index contributed by atoms with van der Waals surface area (Å²) in [7, 11) is -3.71. The number of Topliss-reactive ketones (excluding diaryl/α,β-unsaturated/α-hetero) is 1. The number of carbonyl (C=O) groups excluding carboxylic acids is 1. The van der Waals surface area contributed by atoms with Crippen molar-refractivity contribution in [1.82, 2.24) is 4.72 Å². The smallest absolute Gasteiger partial charge is 0.240 e. The lowest BCUT2D eigenvalue weighted by molar-refractivity contribution is 0.0531. The summed E-state index contributed by atoms with van der Waals surface area (Å²) in [6.45, 7) is 1.75. The molecule has 1 fully saturated rings. The monoisotopic (exact) mass is 311 g/mol. The molecule has 0 amide bonds. The number of hydrogen-bond acceptors (Lipinski definition) is 4. The largest absolute Gasteiger partial charge is 0.389 e. The highest BCUT2D eigenvalue weighted by Crippen LogP contribution is 2.29. The molecule has 1 aromatic rings. The first-order chi connectivity index (χ1) is 9.86. The molecular formula is C15H21NO4S. The molecule has 0 radical (unpaired) electrons. The van der Waals surface area contributed by atoms with Gasteiger partial charge in [-0.25, -0.2) is 13.1 Å². The Labute approximate surface area is 125 Å². The zero-order valence-corrected chi connectivity index (χ0v) is 12.9. The molecule has 1 aliphatic carbocycles. The molecule has 0 atom stereocenters. The Bertz CT molecular complexity index is 618. The molecule has 2 N–H and O–H groups in total. The Morgan fingerprint density at radius 3 is 2.62 bits per heavy atom. The molecule has 0 bridgehead atoms. The third-order valence-electron chi connectivity index (χ3n) is 3.91. The maximum absolute atomic E-state index is 12.3. The highest BCUT2D eigenvalue weighted by Gasteiger charge is 2.32. The van der Waals surface area contributed by atoms with Crippen molar-refractivity contribution in [3.8, 4) is 0 Å². The van der Waals surface area contributed by atoms with Gasteiger partial charge in [-0.05, 0) is 25.0 Å². The molecule has 2 rings (SSSR count). The van der Waals surface area contributed by atoms with Gasteiger partial charge in [0.1, 0.15) is 0 Å². The van der Waals surface area contributed by atoms with Gasteiger partial charge in [0, 0.05) is 18.5 Å². The summed E-state index contributed by atoms with van der Waals surface area (Å²) in [5, 5.41) is 10.2. The van der Waals surface area contributed by atoms with Gasteiger partial charge in [0.15, 0.2) is 5.78 Å². The van der Waals surface area contributed by atoms with E-state index in [1.165, 1.54) is 12.1 Å². The van der Waals surface area contributed by atoms with E-state index in [-0.39, 0.29) is 17.2 Å². The lowest BCUT2D eigenvalue weighted by atomic mass is 10.0. The van der Waals surface area contributed by atoms with Crippen molar-refractivity contribution in [2.75, 3.05) is 6.54 Å². The Kier molecular flexibility index (Phi) is 4.81. The van der Waals surface area contributed by atoms with Crippen LogP contribution in [-0.2, 0) is 10.0 Å². The van der Waals surface area contributed by atoms with Crippen LogP contribution in [0.2, 0.25) is 0 Å². The molecule has 0 aromatic heterocycles. The number of benzene rings is 1. The first-order valence-electron chi connectivity index (χ1n) is 7.22. The van der Waals surface area contributed by atoms with E-state index in [2.05, 4.69) is 4.72 Å². The predicted molar refractivity (Wildman–Crippen MR) is 79.7 cm³/mol. The highest BCUT2D eigenvalue weighted by molar-refractivity contribution is 7.89. The van der Waals surface area contributed by atoms with Gasteiger partial charge < -0.3 is 5.11 Å². The van der Waals surface area contributed by atoms with E-state index >= 15 is 0 Å². The predicted octanol–water partition coefficient (Wildman–Crippen LogP) is 1.86. The minimum absolute atomic E-state index is 0.0152. The van der Waals surface area contributed by atoms with Crippen LogP contribution >= 0.6 is 0 Å². The van der Waals surface area contributed by atoms with Crippen LogP contribution in [0.1, 0.15) is 49.4 Å². The van der Waals surface area contributed by atoms with Crippen LogP contribution in [0.5, 0.6) is 0 Å². The van der Waals surface area contributed by atoms with Gasteiger partial charge >= 0.3 is 0 Å². The molecule has 0 spiro atoms.